The molecule has 3 fully saturated rings. The van der Waals surface area contributed by atoms with Crippen molar-refractivity contribution in [2.75, 3.05) is 25.1 Å². The lowest BCUT2D eigenvalue weighted by atomic mass is 9.91. The van der Waals surface area contributed by atoms with E-state index in [1.165, 1.54) is 11.1 Å². The number of piperidine rings is 1. The van der Waals surface area contributed by atoms with Gasteiger partial charge in [-0.05, 0) is 19.4 Å². The van der Waals surface area contributed by atoms with E-state index in [9.17, 15) is 30.8 Å². The van der Waals surface area contributed by atoms with Crippen LogP contribution in [-0.4, -0.2) is 59.9 Å². The van der Waals surface area contributed by atoms with E-state index in [4.69, 9.17) is 9.15 Å². The molecular weight excluding hydrogens is 509 g/mol. The third-order valence-corrected chi connectivity index (χ3v) is 7.13. The van der Waals surface area contributed by atoms with E-state index in [1.807, 2.05) is 0 Å². The molecule has 0 spiro atoms. The number of oxazole rings is 1. The molecule has 5 heterocycles. The second-order valence-corrected chi connectivity index (χ2v) is 9.28. The van der Waals surface area contributed by atoms with Gasteiger partial charge < -0.3 is 18.8 Å². The number of anilines is 1. The van der Waals surface area contributed by atoms with Crippen LogP contribution in [0.25, 0.3) is 21.7 Å². The van der Waals surface area contributed by atoms with Crippen molar-refractivity contribution in [1.29, 1.82) is 0 Å². The van der Waals surface area contributed by atoms with Crippen LogP contribution in [0.3, 0.4) is 0 Å². The minimum absolute atomic E-state index is 0.0138. The molecule has 3 aliphatic rings. The maximum absolute atomic E-state index is 14.1. The van der Waals surface area contributed by atoms with E-state index in [2.05, 4.69) is 14.7 Å². The van der Waals surface area contributed by atoms with Crippen molar-refractivity contribution < 1.29 is 44.7 Å². The number of hydrogen-bond acceptors (Lipinski definition) is 8. The number of thiazole rings is 1. The minimum Gasteiger partial charge on any atom is -0.422 e. The number of benzene rings is 1. The Hall–Kier alpha value is -2.65. The largest absolute Gasteiger partial charge is 0.573 e. The molecule has 6 rings (SSSR count). The molecule has 3 unspecified atom stereocenters. The summed E-state index contributed by atoms with van der Waals surface area (Å²) >= 11 is 1.04. The van der Waals surface area contributed by atoms with Crippen molar-refractivity contribution in [2.24, 2.45) is 0 Å². The van der Waals surface area contributed by atoms with Crippen LogP contribution in [0.15, 0.2) is 22.1 Å². The molecule has 0 aliphatic carbocycles. The Morgan fingerprint density at radius 1 is 1.14 bits per heavy atom. The zero-order valence-electron chi connectivity index (χ0n) is 18.1. The van der Waals surface area contributed by atoms with Gasteiger partial charge in [-0.25, -0.2) is 4.98 Å². The third kappa shape index (κ3) is 3.89. The molecule has 7 nitrogen and oxygen atoms in total. The Kier molecular flexibility index (Phi) is 5.45. The number of piperazine rings is 1. The predicted molar refractivity (Wildman–Crippen MR) is 110 cm³/mol. The summed E-state index contributed by atoms with van der Waals surface area (Å²) in [6, 6.07) is -0.169. The van der Waals surface area contributed by atoms with Gasteiger partial charge in [0.15, 0.2) is 22.5 Å². The zero-order valence-corrected chi connectivity index (χ0v) is 18.9. The number of hydrogen-bond donors (Lipinski definition) is 0. The van der Waals surface area contributed by atoms with Crippen LogP contribution in [0.5, 0.6) is 5.75 Å². The minimum atomic E-state index is -5.34. The summed E-state index contributed by atoms with van der Waals surface area (Å²) in [5.74, 6) is -1.20. The highest BCUT2D eigenvalue weighted by Crippen LogP contribution is 2.51. The molecule has 35 heavy (non-hydrogen) atoms. The quantitative estimate of drug-likeness (QED) is 0.325. The van der Waals surface area contributed by atoms with E-state index in [0.29, 0.717) is 18.5 Å². The second kappa shape index (κ2) is 7.93. The molecule has 1 aromatic carbocycles. The average Bonchev–Trinajstić information content (AvgIpc) is 3.47. The summed E-state index contributed by atoms with van der Waals surface area (Å²) in [5.41, 5.74) is -4.97. The van der Waals surface area contributed by atoms with Gasteiger partial charge in [0.05, 0.1) is 17.6 Å². The molecule has 15 heteroatoms. The number of aromatic nitrogens is 2. The second-order valence-electron chi connectivity index (χ2n) is 8.39. The fourth-order valence-corrected chi connectivity index (χ4v) is 5.02. The van der Waals surface area contributed by atoms with Crippen LogP contribution in [-0.2, 0) is 10.3 Å². The van der Waals surface area contributed by atoms with Gasteiger partial charge in [0.1, 0.15) is 5.01 Å². The number of ether oxygens (including phenoxy) is 2. The fraction of sp³-hybridized carbons (Fsp3) is 0.500. The summed E-state index contributed by atoms with van der Waals surface area (Å²) in [4.78, 5) is 9.73. The van der Waals surface area contributed by atoms with Gasteiger partial charge in [-0.2, -0.15) is 18.2 Å². The molecule has 190 valence electrons. The Morgan fingerprint density at radius 2 is 1.83 bits per heavy atom. The highest BCUT2D eigenvalue weighted by atomic mass is 32.1. The smallest absolute Gasteiger partial charge is 0.422 e. The van der Waals surface area contributed by atoms with Crippen molar-refractivity contribution in [1.82, 2.24) is 15.1 Å². The number of rotatable bonds is 5. The molecule has 0 N–H and O–H groups in total. The normalized spacial score (nSPS) is 22.8. The number of halogens is 7. The first-order valence-corrected chi connectivity index (χ1v) is 11.1. The predicted octanol–water partition coefficient (Wildman–Crippen LogP) is 5.42. The summed E-state index contributed by atoms with van der Waals surface area (Å²) in [5, 5.41) is 2.42. The van der Waals surface area contributed by atoms with Gasteiger partial charge in [0.2, 0.25) is 0 Å². The van der Waals surface area contributed by atoms with Gasteiger partial charge in [0.25, 0.3) is 6.01 Å². The van der Waals surface area contributed by atoms with Crippen LogP contribution in [0.1, 0.15) is 18.9 Å². The van der Waals surface area contributed by atoms with Crippen molar-refractivity contribution in [2.45, 2.75) is 43.6 Å². The summed E-state index contributed by atoms with van der Waals surface area (Å²) in [6.45, 7) is 0.887. The van der Waals surface area contributed by atoms with Gasteiger partial charge in [-0.1, -0.05) is 0 Å². The summed E-state index contributed by atoms with van der Waals surface area (Å²) < 4.78 is 111. The number of nitrogens with zero attached hydrogens (tertiary/aromatic N) is 4. The SMILES string of the molecule is COC(C)(c1cc(-c2nccs2)c2oc(N3CC4CC(C3)N4F)nc2c1OC(F)(F)F)C(F)(F)F. The number of alkyl halides is 6. The first-order chi connectivity index (χ1) is 16.3. The highest BCUT2D eigenvalue weighted by Gasteiger charge is 2.56. The summed E-state index contributed by atoms with van der Waals surface area (Å²) in [7, 11) is 0.731. The Balaban J connectivity index is 1.76. The Labute approximate surface area is 197 Å². The van der Waals surface area contributed by atoms with Crippen molar-refractivity contribution >= 4 is 28.5 Å². The molecular formula is C20H17F7N4O3S. The van der Waals surface area contributed by atoms with E-state index in [1.54, 1.807) is 5.38 Å². The topological polar surface area (TPSA) is 63.9 Å². The fourth-order valence-electron chi connectivity index (χ4n) is 4.37. The summed E-state index contributed by atoms with van der Waals surface area (Å²) in [6.07, 6.45) is -8.48. The first kappa shape index (κ1) is 24.1. The van der Waals surface area contributed by atoms with E-state index in [0.717, 1.165) is 24.5 Å². The van der Waals surface area contributed by atoms with Crippen molar-refractivity contribution in [3.63, 3.8) is 0 Å². The molecule has 3 saturated heterocycles. The average molecular weight is 526 g/mol. The lowest BCUT2D eigenvalue weighted by Crippen LogP contribution is -2.65. The van der Waals surface area contributed by atoms with Crippen LogP contribution < -0.4 is 9.64 Å². The third-order valence-electron chi connectivity index (χ3n) is 6.33. The van der Waals surface area contributed by atoms with Crippen LogP contribution >= 0.6 is 11.3 Å². The molecule has 0 amide bonds. The highest BCUT2D eigenvalue weighted by molar-refractivity contribution is 7.13. The van der Waals surface area contributed by atoms with Gasteiger partial charge in [0, 0.05) is 37.3 Å². The van der Waals surface area contributed by atoms with Crippen molar-refractivity contribution in [3.8, 4) is 16.3 Å². The van der Waals surface area contributed by atoms with Crippen molar-refractivity contribution in [3.05, 3.63) is 23.2 Å². The molecule has 3 aromatic rings. The lowest BCUT2D eigenvalue weighted by Gasteiger charge is -2.50. The van der Waals surface area contributed by atoms with E-state index in [-0.39, 0.29) is 35.3 Å². The first-order valence-electron chi connectivity index (χ1n) is 10.3. The standard InChI is InChI=1S/C20H17F7N4O3S/c1-18(32-2,19(21,22)23)12-6-11(16-28-3-4-35-16)14-13(15(12)34-20(24,25)26)29-17(33-14)30-7-9-5-10(8-30)31(9)27/h3-4,6,9-10H,5,7-8H2,1-2H3. The lowest BCUT2D eigenvalue weighted by molar-refractivity contribution is -0.283. The van der Waals surface area contributed by atoms with E-state index >= 15 is 0 Å². The molecule has 3 aliphatic heterocycles. The van der Waals surface area contributed by atoms with Gasteiger partial charge in [-0.15, -0.1) is 34.1 Å². The molecule has 2 bridgehead atoms. The van der Waals surface area contributed by atoms with Gasteiger partial charge >= 0.3 is 12.5 Å². The number of methoxy groups -OCH3 is 1. The van der Waals surface area contributed by atoms with E-state index < -0.39 is 47.1 Å². The van der Waals surface area contributed by atoms with Crippen LogP contribution in [0, 0.1) is 0 Å². The molecule has 3 atom stereocenters. The Bertz CT molecular complexity index is 1230. The zero-order chi connectivity index (χ0) is 25.3. The maximum atomic E-state index is 14.1. The monoisotopic (exact) mass is 526 g/mol. The van der Waals surface area contributed by atoms with Gasteiger partial charge in [-0.3, -0.25) is 0 Å². The number of fused-ring (bicyclic) bond motifs is 3. The molecule has 2 aromatic heterocycles. The molecule has 0 saturated carbocycles. The molecule has 0 radical (unpaired) electrons. The van der Waals surface area contributed by atoms with Crippen LogP contribution in [0.2, 0.25) is 0 Å². The maximum Gasteiger partial charge on any atom is 0.573 e. The Morgan fingerprint density at radius 3 is 2.34 bits per heavy atom. The van der Waals surface area contributed by atoms with Crippen LogP contribution in [0.4, 0.5) is 36.8 Å².